The van der Waals surface area contributed by atoms with Crippen molar-refractivity contribution in [3.63, 3.8) is 0 Å². The molecule has 1 aromatic rings. The molecule has 0 amide bonds. The molecular formula is C9H15N3. The Kier molecular flexibility index (Phi) is 1.50. The van der Waals surface area contributed by atoms with Gasteiger partial charge in [-0.15, -0.1) is 5.10 Å². The van der Waals surface area contributed by atoms with Crippen molar-refractivity contribution in [2.45, 2.75) is 38.5 Å². The van der Waals surface area contributed by atoms with Gasteiger partial charge in [0.15, 0.2) is 0 Å². The highest BCUT2D eigenvalue weighted by atomic mass is 15.4. The third-order valence-corrected chi connectivity index (χ3v) is 2.75. The molecule has 0 fully saturated rings. The van der Waals surface area contributed by atoms with Crippen LogP contribution in [-0.2, 0) is 18.9 Å². The first-order valence-electron chi connectivity index (χ1n) is 4.50. The van der Waals surface area contributed by atoms with Crippen molar-refractivity contribution in [2.24, 2.45) is 7.05 Å². The monoisotopic (exact) mass is 165 g/mol. The van der Waals surface area contributed by atoms with Crippen LogP contribution in [0.3, 0.4) is 0 Å². The van der Waals surface area contributed by atoms with Gasteiger partial charge in [-0.1, -0.05) is 19.1 Å². The molecule has 0 saturated heterocycles. The second-order valence-corrected chi connectivity index (χ2v) is 4.25. The molecule has 12 heavy (non-hydrogen) atoms. The molecule has 1 heterocycles. The molecule has 0 spiro atoms. The van der Waals surface area contributed by atoms with Crippen LogP contribution < -0.4 is 0 Å². The molecule has 0 saturated carbocycles. The van der Waals surface area contributed by atoms with E-state index < -0.39 is 0 Å². The molecule has 1 aliphatic rings. The van der Waals surface area contributed by atoms with E-state index in [1.165, 1.54) is 24.2 Å². The van der Waals surface area contributed by atoms with Gasteiger partial charge in [0.1, 0.15) is 0 Å². The van der Waals surface area contributed by atoms with Crippen LogP contribution >= 0.6 is 0 Å². The van der Waals surface area contributed by atoms with Gasteiger partial charge in [-0.2, -0.15) is 0 Å². The molecule has 3 heteroatoms. The Morgan fingerprint density at radius 1 is 1.42 bits per heavy atom. The van der Waals surface area contributed by atoms with E-state index in [2.05, 4.69) is 24.2 Å². The summed E-state index contributed by atoms with van der Waals surface area (Å²) in [7, 11) is 1.99. The Balaban J connectivity index is 2.56. The molecule has 3 nitrogen and oxygen atoms in total. The van der Waals surface area contributed by atoms with Crippen molar-refractivity contribution < 1.29 is 0 Å². The second-order valence-electron chi connectivity index (χ2n) is 4.25. The van der Waals surface area contributed by atoms with E-state index in [4.69, 9.17) is 0 Å². The van der Waals surface area contributed by atoms with Crippen LogP contribution in [0.4, 0.5) is 0 Å². The maximum Gasteiger partial charge on any atom is 0.0864 e. The van der Waals surface area contributed by atoms with Gasteiger partial charge in [0.2, 0.25) is 0 Å². The van der Waals surface area contributed by atoms with Crippen molar-refractivity contribution in [3.05, 3.63) is 11.4 Å². The lowest BCUT2D eigenvalue weighted by molar-refractivity contribution is 0.401. The smallest absolute Gasteiger partial charge is 0.0864 e. The Labute approximate surface area is 72.8 Å². The van der Waals surface area contributed by atoms with Gasteiger partial charge in [-0.25, -0.2) is 0 Å². The summed E-state index contributed by atoms with van der Waals surface area (Å²) in [5.41, 5.74) is 2.80. The van der Waals surface area contributed by atoms with E-state index in [-0.39, 0.29) is 5.41 Å². The Hall–Kier alpha value is -0.860. The zero-order valence-electron chi connectivity index (χ0n) is 7.96. The minimum atomic E-state index is 0.270. The molecule has 66 valence electrons. The standard InChI is InChI=1S/C9H15N3/c1-9(2)6-4-5-7-8(9)12(3)11-10-7/h4-6H2,1-3H3. The highest BCUT2D eigenvalue weighted by molar-refractivity contribution is 5.23. The van der Waals surface area contributed by atoms with Crippen LogP contribution in [-0.4, -0.2) is 15.0 Å². The number of hydrogen-bond acceptors (Lipinski definition) is 2. The molecule has 0 atom stereocenters. The lowest BCUT2D eigenvalue weighted by atomic mass is 9.78. The Bertz CT molecular complexity index is 299. The average molecular weight is 165 g/mol. The predicted molar refractivity (Wildman–Crippen MR) is 47.0 cm³/mol. The highest BCUT2D eigenvalue weighted by Crippen LogP contribution is 2.34. The molecule has 0 radical (unpaired) electrons. The summed E-state index contributed by atoms with van der Waals surface area (Å²) in [4.78, 5) is 0. The van der Waals surface area contributed by atoms with Gasteiger partial charge in [-0.3, -0.25) is 4.68 Å². The maximum atomic E-state index is 4.16. The van der Waals surface area contributed by atoms with E-state index in [1.807, 2.05) is 11.7 Å². The number of fused-ring (bicyclic) bond motifs is 1. The first-order chi connectivity index (χ1) is 5.61. The summed E-state index contributed by atoms with van der Waals surface area (Å²) in [6.07, 6.45) is 3.60. The van der Waals surface area contributed by atoms with Crippen LogP contribution in [0.2, 0.25) is 0 Å². The number of aryl methyl sites for hydroxylation is 2. The topological polar surface area (TPSA) is 30.7 Å². The fourth-order valence-corrected chi connectivity index (χ4v) is 2.21. The van der Waals surface area contributed by atoms with Gasteiger partial charge >= 0.3 is 0 Å². The summed E-state index contributed by atoms with van der Waals surface area (Å²) < 4.78 is 1.93. The highest BCUT2D eigenvalue weighted by Gasteiger charge is 2.31. The molecule has 1 aromatic heterocycles. The second kappa shape index (κ2) is 2.31. The molecule has 0 aromatic carbocycles. The first-order valence-corrected chi connectivity index (χ1v) is 4.50. The summed E-state index contributed by atoms with van der Waals surface area (Å²) >= 11 is 0. The van der Waals surface area contributed by atoms with Crippen molar-refractivity contribution in [2.75, 3.05) is 0 Å². The van der Waals surface area contributed by atoms with E-state index in [0.29, 0.717) is 0 Å². The normalized spacial score (nSPS) is 20.6. The van der Waals surface area contributed by atoms with E-state index in [9.17, 15) is 0 Å². The Morgan fingerprint density at radius 3 is 2.83 bits per heavy atom. The number of aromatic nitrogens is 3. The molecule has 2 rings (SSSR count). The first kappa shape index (κ1) is 7.77. The van der Waals surface area contributed by atoms with Crippen molar-refractivity contribution in [1.82, 2.24) is 15.0 Å². The van der Waals surface area contributed by atoms with Gasteiger partial charge in [-0.05, 0) is 19.3 Å². The lowest BCUT2D eigenvalue weighted by Crippen LogP contribution is -2.26. The van der Waals surface area contributed by atoms with Crippen LogP contribution in [0.15, 0.2) is 0 Å². The fourth-order valence-electron chi connectivity index (χ4n) is 2.21. The minimum absolute atomic E-state index is 0.270. The molecule has 1 aliphatic carbocycles. The van der Waals surface area contributed by atoms with Crippen LogP contribution in [0.1, 0.15) is 38.1 Å². The van der Waals surface area contributed by atoms with E-state index in [0.717, 1.165) is 6.42 Å². The predicted octanol–water partition coefficient (Wildman–Crippen LogP) is 1.43. The fraction of sp³-hybridized carbons (Fsp3) is 0.778. The summed E-state index contributed by atoms with van der Waals surface area (Å²) in [5, 5.41) is 8.23. The zero-order chi connectivity index (χ0) is 8.77. The third-order valence-electron chi connectivity index (χ3n) is 2.75. The molecular weight excluding hydrogens is 150 g/mol. The Morgan fingerprint density at radius 2 is 2.17 bits per heavy atom. The average Bonchev–Trinajstić information content (AvgIpc) is 2.32. The number of nitrogens with zero attached hydrogens (tertiary/aromatic N) is 3. The quantitative estimate of drug-likeness (QED) is 0.582. The van der Waals surface area contributed by atoms with Crippen LogP contribution in [0, 0.1) is 0 Å². The van der Waals surface area contributed by atoms with E-state index in [1.54, 1.807) is 0 Å². The van der Waals surface area contributed by atoms with Crippen molar-refractivity contribution in [3.8, 4) is 0 Å². The third kappa shape index (κ3) is 0.958. The summed E-state index contributed by atoms with van der Waals surface area (Å²) in [6.45, 7) is 4.54. The molecule has 0 N–H and O–H groups in total. The summed E-state index contributed by atoms with van der Waals surface area (Å²) in [6, 6.07) is 0. The lowest BCUT2D eigenvalue weighted by Gasteiger charge is -2.29. The minimum Gasteiger partial charge on any atom is -0.252 e. The molecule has 0 unspecified atom stereocenters. The SMILES string of the molecule is Cn1nnc2c1C(C)(C)CCC2. The maximum absolute atomic E-state index is 4.16. The van der Waals surface area contributed by atoms with Gasteiger partial charge in [0, 0.05) is 12.5 Å². The summed E-state index contributed by atoms with van der Waals surface area (Å²) in [5.74, 6) is 0. The molecule has 0 aliphatic heterocycles. The number of hydrogen-bond donors (Lipinski definition) is 0. The van der Waals surface area contributed by atoms with Crippen LogP contribution in [0.5, 0.6) is 0 Å². The van der Waals surface area contributed by atoms with Gasteiger partial charge < -0.3 is 0 Å². The van der Waals surface area contributed by atoms with Crippen LogP contribution in [0.25, 0.3) is 0 Å². The molecule has 0 bridgehead atoms. The van der Waals surface area contributed by atoms with Gasteiger partial charge in [0.25, 0.3) is 0 Å². The van der Waals surface area contributed by atoms with E-state index >= 15 is 0 Å². The number of rotatable bonds is 0. The van der Waals surface area contributed by atoms with Crippen molar-refractivity contribution in [1.29, 1.82) is 0 Å². The zero-order valence-corrected chi connectivity index (χ0v) is 7.96. The largest absolute Gasteiger partial charge is 0.252 e. The van der Waals surface area contributed by atoms with Gasteiger partial charge in [0.05, 0.1) is 11.4 Å². The van der Waals surface area contributed by atoms with Crippen molar-refractivity contribution >= 4 is 0 Å².